The molecular weight excluding hydrogens is 326 g/mol. The van der Waals surface area contributed by atoms with Crippen molar-refractivity contribution in [1.82, 2.24) is 10.2 Å². The van der Waals surface area contributed by atoms with Gasteiger partial charge in [-0.25, -0.2) is 0 Å². The second-order valence-corrected chi connectivity index (χ2v) is 6.85. The third kappa shape index (κ3) is 3.91. The van der Waals surface area contributed by atoms with Gasteiger partial charge in [-0.15, -0.1) is 10.2 Å². The number of benzene rings is 1. The lowest BCUT2D eigenvalue weighted by atomic mass is 9.87. The predicted molar refractivity (Wildman–Crippen MR) is 93.2 cm³/mol. The monoisotopic (exact) mass is 347 g/mol. The van der Waals surface area contributed by atoms with Crippen molar-refractivity contribution in [2.24, 2.45) is 11.8 Å². The Morgan fingerprint density at radius 3 is 2.67 bits per heavy atom. The summed E-state index contributed by atoms with van der Waals surface area (Å²) in [6.07, 6.45) is 1.86. The highest BCUT2D eigenvalue weighted by Gasteiger charge is 2.26. The summed E-state index contributed by atoms with van der Waals surface area (Å²) >= 11 is 1.37. The second kappa shape index (κ2) is 7.72. The van der Waals surface area contributed by atoms with Crippen molar-refractivity contribution in [3.8, 4) is 16.3 Å². The van der Waals surface area contributed by atoms with Crippen LogP contribution in [-0.4, -0.2) is 36.4 Å². The van der Waals surface area contributed by atoms with E-state index in [1.807, 2.05) is 31.2 Å². The summed E-state index contributed by atoms with van der Waals surface area (Å²) in [4.78, 5) is 12.4. The number of carbonyl (C=O) groups excluding carboxylic acids is 1. The smallest absolute Gasteiger partial charge is 0.229 e. The third-order valence-corrected chi connectivity index (χ3v) is 5.27. The molecule has 0 spiro atoms. The summed E-state index contributed by atoms with van der Waals surface area (Å²) in [6.45, 7) is 3.45. The molecule has 1 amide bonds. The Balaban J connectivity index is 1.63. The normalized spacial score (nSPS) is 16.6. The first kappa shape index (κ1) is 16.9. The Morgan fingerprint density at radius 2 is 2.00 bits per heavy atom. The average Bonchev–Trinajstić information content (AvgIpc) is 3.10. The molecule has 1 aromatic carbocycles. The predicted octanol–water partition coefficient (Wildman–Crippen LogP) is 3.21. The molecule has 0 aliphatic carbocycles. The molecule has 3 rings (SSSR count). The molecule has 1 aromatic heterocycles. The van der Waals surface area contributed by atoms with Crippen molar-refractivity contribution in [2.75, 3.05) is 25.6 Å². The Morgan fingerprint density at radius 1 is 1.29 bits per heavy atom. The Bertz CT molecular complexity index is 681. The molecule has 1 aliphatic rings. The minimum atomic E-state index is -0.0535. The molecule has 1 saturated heterocycles. The molecule has 24 heavy (non-hydrogen) atoms. The highest BCUT2D eigenvalue weighted by Crippen LogP contribution is 2.29. The fourth-order valence-corrected chi connectivity index (χ4v) is 3.53. The van der Waals surface area contributed by atoms with Gasteiger partial charge in [-0.2, -0.15) is 0 Å². The quantitative estimate of drug-likeness (QED) is 0.899. The first-order chi connectivity index (χ1) is 11.7. The van der Waals surface area contributed by atoms with Crippen molar-refractivity contribution >= 4 is 22.4 Å². The highest BCUT2D eigenvalue weighted by atomic mass is 32.1. The van der Waals surface area contributed by atoms with Gasteiger partial charge in [0, 0.05) is 24.7 Å². The van der Waals surface area contributed by atoms with Crippen LogP contribution in [0.3, 0.4) is 0 Å². The number of hydrogen-bond acceptors (Lipinski definition) is 6. The molecule has 1 unspecified atom stereocenters. The molecule has 0 bridgehead atoms. The number of nitrogens with zero attached hydrogens (tertiary/aromatic N) is 2. The Hall–Kier alpha value is -1.99. The van der Waals surface area contributed by atoms with Crippen molar-refractivity contribution in [1.29, 1.82) is 0 Å². The van der Waals surface area contributed by atoms with Gasteiger partial charge < -0.3 is 14.8 Å². The Kier molecular flexibility index (Phi) is 5.42. The van der Waals surface area contributed by atoms with Gasteiger partial charge in [0.1, 0.15) is 10.8 Å². The van der Waals surface area contributed by atoms with Crippen LogP contribution in [0.15, 0.2) is 24.3 Å². The van der Waals surface area contributed by atoms with E-state index >= 15 is 0 Å². The van der Waals surface area contributed by atoms with Gasteiger partial charge in [-0.3, -0.25) is 4.79 Å². The number of rotatable bonds is 5. The zero-order valence-corrected chi connectivity index (χ0v) is 14.6. The molecular formula is C17H21N3O3S. The van der Waals surface area contributed by atoms with Gasteiger partial charge in [-0.1, -0.05) is 18.3 Å². The van der Waals surface area contributed by atoms with Gasteiger partial charge in [-0.05, 0) is 43.0 Å². The number of carbonyl (C=O) groups is 1. The lowest BCUT2D eigenvalue weighted by molar-refractivity contribution is -0.122. The van der Waals surface area contributed by atoms with E-state index in [4.69, 9.17) is 9.47 Å². The fourth-order valence-electron chi connectivity index (χ4n) is 2.77. The number of aromatic nitrogens is 2. The van der Waals surface area contributed by atoms with Crippen molar-refractivity contribution in [3.05, 3.63) is 24.3 Å². The van der Waals surface area contributed by atoms with Crippen LogP contribution in [-0.2, 0) is 9.53 Å². The zero-order chi connectivity index (χ0) is 16.9. The summed E-state index contributed by atoms with van der Waals surface area (Å²) in [6, 6.07) is 7.61. The second-order valence-electron chi connectivity index (χ2n) is 5.87. The SMILES string of the molecule is COc1ccc(-c2nnc(NC(=O)C(C)C3CCOCC3)s2)cc1. The molecule has 6 nitrogen and oxygen atoms in total. The van der Waals surface area contributed by atoms with Crippen LogP contribution >= 0.6 is 11.3 Å². The Labute approximate surface area is 145 Å². The average molecular weight is 347 g/mol. The van der Waals surface area contributed by atoms with Crippen molar-refractivity contribution in [2.45, 2.75) is 19.8 Å². The molecule has 2 heterocycles. The van der Waals surface area contributed by atoms with Gasteiger partial charge >= 0.3 is 0 Å². The van der Waals surface area contributed by atoms with E-state index in [1.165, 1.54) is 11.3 Å². The molecule has 0 radical (unpaired) electrons. The van der Waals surface area contributed by atoms with Crippen molar-refractivity contribution < 1.29 is 14.3 Å². The standard InChI is InChI=1S/C17H21N3O3S/c1-11(12-7-9-23-10-8-12)15(21)18-17-20-19-16(24-17)13-3-5-14(22-2)6-4-13/h3-6,11-12H,7-10H2,1-2H3,(H,18,20,21). The first-order valence-corrected chi connectivity index (χ1v) is 8.85. The number of methoxy groups -OCH3 is 1. The summed E-state index contributed by atoms with van der Waals surface area (Å²) in [5.74, 6) is 1.11. The van der Waals surface area contributed by atoms with E-state index in [1.54, 1.807) is 7.11 Å². The maximum absolute atomic E-state index is 12.4. The minimum Gasteiger partial charge on any atom is -0.497 e. The maximum atomic E-state index is 12.4. The van der Waals surface area contributed by atoms with Crippen LogP contribution < -0.4 is 10.1 Å². The van der Waals surface area contributed by atoms with E-state index in [-0.39, 0.29) is 11.8 Å². The van der Waals surface area contributed by atoms with E-state index in [2.05, 4.69) is 15.5 Å². The number of nitrogens with one attached hydrogen (secondary N) is 1. The van der Waals surface area contributed by atoms with E-state index in [0.29, 0.717) is 11.0 Å². The van der Waals surface area contributed by atoms with Gasteiger partial charge in [0.2, 0.25) is 11.0 Å². The summed E-state index contributed by atoms with van der Waals surface area (Å²) in [7, 11) is 1.63. The minimum absolute atomic E-state index is 0.000620. The third-order valence-electron chi connectivity index (χ3n) is 4.38. The van der Waals surface area contributed by atoms with Gasteiger partial charge in [0.05, 0.1) is 7.11 Å². The van der Waals surface area contributed by atoms with Gasteiger partial charge in [0.15, 0.2) is 0 Å². The summed E-state index contributed by atoms with van der Waals surface area (Å²) in [5, 5.41) is 12.4. The van der Waals surface area contributed by atoms with E-state index in [9.17, 15) is 4.79 Å². The lowest BCUT2D eigenvalue weighted by Crippen LogP contribution is -2.30. The van der Waals surface area contributed by atoms with Crippen LogP contribution in [0, 0.1) is 11.8 Å². The molecule has 7 heteroatoms. The van der Waals surface area contributed by atoms with Crippen LogP contribution in [0.25, 0.3) is 10.6 Å². The molecule has 1 atom stereocenters. The first-order valence-electron chi connectivity index (χ1n) is 8.04. The zero-order valence-electron chi connectivity index (χ0n) is 13.8. The molecule has 0 saturated carbocycles. The molecule has 2 aromatic rings. The number of hydrogen-bond donors (Lipinski definition) is 1. The number of anilines is 1. The molecule has 128 valence electrons. The fraction of sp³-hybridized carbons (Fsp3) is 0.471. The maximum Gasteiger partial charge on any atom is 0.229 e. The van der Waals surface area contributed by atoms with Crippen LogP contribution in [0.5, 0.6) is 5.75 Å². The van der Waals surface area contributed by atoms with E-state index < -0.39 is 0 Å². The molecule has 1 aliphatic heterocycles. The van der Waals surface area contributed by atoms with Crippen LogP contribution in [0.4, 0.5) is 5.13 Å². The summed E-state index contributed by atoms with van der Waals surface area (Å²) < 4.78 is 10.5. The number of ether oxygens (including phenoxy) is 2. The van der Waals surface area contributed by atoms with Crippen LogP contribution in [0.2, 0.25) is 0 Å². The molecule has 1 fully saturated rings. The van der Waals surface area contributed by atoms with Gasteiger partial charge in [0.25, 0.3) is 0 Å². The summed E-state index contributed by atoms with van der Waals surface area (Å²) in [5.41, 5.74) is 0.950. The largest absolute Gasteiger partial charge is 0.497 e. The molecule has 1 N–H and O–H groups in total. The van der Waals surface area contributed by atoms with Crippen LogP contribution in [0.1, 0.15) is 19.8 Å². The highest BCUT2D eigenvalue weighted by molar-refractivity contribution is 7.18. The number of amides is 1. The topological polar surface area (TPSA) is 73.3 Å². The van der Waals surface area contributed by atoms with Crippen molar-refractivity contribution in [3.63, 3.8) is 0 Å². The lowest BCUT2D eigenvalue weighted by Gasteiger charge is -2.26. The van der Waals surface area contributed by atoms with E-state index in [0.717, 1.165) is 42.4 Å².